The Hall–Kier alpha value is -2.34. The van der Waals surface area contributed by atoms with Crippen molar-refractivity contribution in [3.8, 4) is 0 Å². The molecule has 0 spiro atoms. The maximum absolute atomic E-state index is 12.0. The van der Waals surface area contributed by atoms with Gasteiger partial charge in [0.15, 0.2) is 0 Å². The number of thiophene rings is 1. The van der Waals surface area contributed by atoms with Gasteiger partial charge in [-0.15, -0.1) is 11.3 Å². The number of hydrogen-bond acceptors (Lipinski definition) is 3. The van der Waals surface area contributed by atoms with E-state index < -0.39 is 0 Å². The molecule has 0 saturated carbocycles. The second kappa shape index (κ2) is 7.97. The van der Waals surface area contributed by atoms with E-state index in [-0.39, 0.29) is 18.5 Å². The number of urea groups is 1. The summed E-state index contributed by atoms with van der Waals surface area (Å²) >= 11 is 1.60. The Kier molecular flexibility index (Phi) is 5.98. The van der Waals surface area contributed by atoms with Crippen molar-refractivity contribution in [1.29, 1.82) is 0 Å². The minimum atomic E-state index is -0.352. The van der Waals surface area contributed by atoms with E-state index in [1.54, 1.807) is 11.3 Å². The Labute approximate surface area is 146 Å². The molecule has 0 aliphatic heterocycles. The molecule has 6 heteroatoms. The highest BCUT2D eigenvalue weighted by Crippen LogP contribution is 2.21. The SMILES string of the molecule is Cc1cc(C)c(NC(=O)CNC(=O)NCc2sccc2C)c(C)c1. The molecule has 0 radical (unpaired) electrons. The van der Waals surface area contributed by atoms with E-state index in [1.165, 1.54) is 0 Å². The number of nitrogens with one attached hydrogen (secondary N) is 3. The molecule has 3 N–H and O–H groups in total. The average molecular weight is 345 g/mol. The van der Waals surface area contributed by atoms with Gasteiger partial charge in [0.2, 0.25) is 5.91 Å². The number of amides is 3. The Morgan fingerprint density at radius 1 is 1.00 bits per heavy atom. The molecule has 0 atom stereocenters. The van der Waals surface area contributed by atoms with E-state index in [2.05, 4.69) is 16.0 Å². The third kappa shape index (κ3) is 4.83. The molecule has 0 bridgehead atoms. The van der Waals surface area contributed by atoms with Crippen LogP contribution in [0.3, 0.4) is 0 Å². The van der Waals surface area contributed by atoms with E-state index in [9.17, 15) is 9.59 Å². The van der Waals surface area contributed by atoms with Crippen LogP contribution in [0.25, 0.3) is 0 Å². The first-order chi connectivity index (χ1) is 11.4. The summed E-state index contributed by atoms with van der Waals surface area (Å²) in [6, 6.07) is 5.70. The highest BCUT2D eigenvalue weighted by atomic mass is 32.1. The van der Waals surface area contributed by atoms with Gasteiger partial charge in [0.1, 0.15) is 0 Å². The van der Waals surface area contributed by atoms with Gasteiger partial charge in [0, 0.05) is 10.6 Å². The summed E-state index contributed by atoms with van der Waals surface area (Å²) in [6.07, 6.45) is 0. The number of aryl methyl sites for hydroxylation is 4. The first-order valence-electron chi connectivity index (χ1n) is 7.79. The summed E-state index contributed by atoms with van der Waals surface area (Å²) in [5.41, 5.74) is 5.15. The Bertz CT molecular complexity index is 729. The molecule has 3 amide bonds. The number of benzene rings is 1. The molecule has 0 saturated heterocycles. The molecule has 2 aromatic rings. The molecule has 1 aromatic carbocycles. The Morgan fingerprint density at radius 3 is 2.25 bits per heavy atom. The molecular formula is C18H23N3O2S. The molecule has 0 unspecified atom stereocenters. The largest absolute Gasteiger partial charge is 0.333 e. The Balaban J connectivity index is 1.81. The number of carbonyl (C=O) groups excluding carboxylic acids is 2. The van der Waals surface area contributed by atoms with Crippen molar-refractivity contribution in [3.63, 3.8) is 0 Å². The Morgan fingerprint density at radius 2 is 1.67 bits per heavy atom. The first kappa shape index (κ1) is 18.0. The standard InChI is InChI=1S/C18H23N3O2S/c1-11-7-13(3)17(14(4)8-11)21-16(22)10-20-18(23)19-9-15-12(2)5-6-24-15/h5-8H,9-10H2,1-4H3,(H,21,22)(H2,19,20,23). The van der Waals surface area contributed by atoms with Gasteiger partial charge >= 0.3 is 6.03 Å². The van der Waals surface area contributed by atoms with Crippen molar-refractivity contribution in [1.82, 2.24) is 10.6 Å². The summed E-state index contributed by atoms with van der Waals surface area (Å²) in [6.45, 7) is 8.34. The van der Waals surface area contributed by atoms with Gasteiger partial charge in [-0.2, -0.15) is 0 Å². The van der Waals surface area contributed by atoms with Crippen LogP contribution in [0.15, 0.2) is 23.6 Å². The van der Waals surface area contributed by atoms with E-state index >= 15 is 0 Å². The third-order valence-corrected chi connectivity index (χ3v) is 4.75. The van der Waals surface area contributed by atoms with Crippen molar-refractivity contribution in [2.45, 2.75) is 34.2 Å². The monoisotopic (exact) mass is 345 g/mol. The molecule has 24 heavy (non-hydrogen) atoms. The predicted octanol–water partition coefficient (Wildman–Crippen LogP) is 3.42. The lowest BCUT2D eigenvalue weighted by atomic mass is 10.1. The summed E-state index contributed by atoms with van der Waals surface area (Å²) < 4.78 is 0. The lowest BCUT2D eigenvalue weighted by Crippen LogP contribution is -2.39. The smallest absolute Gasteiger partial charge is 0.315 e. The lowest BCUT2D eigenvalue weighted by Gasteiger charge is -2.13. The van der Waals surface area contributed by atoms with Gasteiger partial charge in [-0.05, 0) is 55.8 Å². The van der Waals surface area contributed by atoms with Crippen LogP contribution in [-0.4, -0.2) is 18.5 Å². The maximum atomic E-state index is 12.0. The van der Waals surface area contributed by atoms with Crippen LogP contribution >= 0.6 is 11.3 Å². The summed E-state index contributed by atoms with van der Waals surface area (Å²) in [5.74, 6) is -0.243. The summed E-state index contributed by atoms with van der Waals surface area (Å²) in [7, 11) is 0. The average Bonchev–Trinajstić information content (AvgIpc) is 2.92. The third-order valence-electron chi connectivity index (χ3n) is 3.73. The van der Waals surface area contributed by atoms with Gasteiger partial charge in [-0.3, -0.25) is 4.79 Å². The van der Waals surface area contributed by atoms with Gasteiger partial charge < -0.3 is 16.0 Å². The zero-order valence-electron chi connectivity index (χ0n) is 14.4. The van der Waals surface area contributed by atoms with Crippen molar-refractivity contribution in [2.24, 2.45) is 0 Å². The number of anilines is 1. The van der Waals surface area contributed by atoms with Crippen LogP contribution in [0.5, 0.6) is 0 Å². The molecule has 1 aromatic heterocycles. The zero-order valence-corrected chi connectivity index (χ0v) is 15.3. The van der Waals surface area contributed by atoms with Gasteiger partial charge in [0.05, 0.1) is 13.1 Å². The van der Waals surface area contributed by atoms with E-state index in [4.69, 9.17) is 0 Å². The highest BCUT2D eigenvalue weighted by Gasteiger charge is 2.10. The minimum Gasteiger partial charge on any atom is -0.333 e. The van der Waals surface area contributed by atoms with Crippen LogP contribution in [-0.2, 0) is 11.3 Å². The van der Waals surface area contributed by atoms with Crippen molar-refractivity contribution in [2.75, 3.05) is 11.9 Å². The van der Waals surface area contributed by atoms with Crippen LogP contribution in [0.1, 0.15) is 27.1 Å². The number of carbonyl (C=O) groups is 2. The van der Waals surface area contributed by atoms with Crippen molar-refractivity contribution in [3.05, 3.63) is 50.7 Å². The molecule has 2 rings (SSSR count). The van der Waals surface area contributed by atoms with Gasteiger partial charge in [-0.25, -0.2) is 4.79 Å². The number of rotatable bonds is 5. The summed E-state index contributed by atoms with van der Waals surface area (Å²) in [5, 5.41) is 10.2. The van der Waals surface area contributed by atoms with Gasteiger partial charge in [0.25, 0.3) is 0 Å². The normalized spacial score (nSPS) is 10.3. The molecular weight excluding hydrogens is 322 g/mol. The fraction of sp³-hybridized carbons (Fsp3) is 0.333. The van der Waals surface area contributed by atoms with Gasteiger partial charge in [-0.1, -0.05) is 17.7 Å². The fourth-order valence-corrected chi connectivity index (χ4v) is 3.38. The maximum Gasteiger partial charge on any atom is 0.315 e. The van der Waals surface area contributed by atoms with Crippen LogP contribution < -0.4 is 16.0 Å². The topological polar surface area (TPSA) is 70.2 Å². The molecule has 0 aliphatic carbocycles. The van der Waals surface area contributed by atoms with Crippen molar-refractivity contribution < 1.29 is 9.59 Å². The molecule has 1 heterocycles. The molecule has 5 nitrogen and oxygen atoms in total. The first-order valence-corrected chi connectivity index (χ1v) is 8.67. The fourth-order valence-electron chi connectivity index (χ4n) is 2.53. The van der Waals surface area contributed by atoms with Crippen LogP contribution in [0.2, 0.25) is 0 Å². The second-order valence-corrected chi connectivity index (χ2v) is 6.89. The molecule has 128 valence electrons. The second-order valence-electron chi connectivity index (χ2n) is 5.88. The highest BCUT2D eigenvalue weighted by molar-refractivity contribution is 7.10. The van der Waals surface area contributed by atoms with E-state index in [0.717, 1.165) is 32.8 Å². The minimum absolute atomic E-state index is 0.0674. The quantitative estimate of drug-likeness (QED) is 0.777. The van der Waals surface area contributed by atoms with Crippen molar-refractivity contribution >= 4 is 29.0 Å². The summed E-state index contributed by atoms with van der Waals surface area (Å²) in [4.78, 5) is 24.9. The molecule has 0 fully saturated rings. The van der Waals surface area contributed by atoms with E-state index in [0.29, 0.717) is 6.54 Å². The zero-order chi connectivity index (χ0) is 17.7. The van der Waals surface area contributed by atoms with Crippen LogP contribution in [0, 0.1) is 27.7 Å². The number of hydrogen-bond donors (Lipinski definition) is 3. The molecule has 0 aliphatic rings. The van der Waals surface area contributed by atoms with Crippen LogP contribution in [0.4, 0.5) is 10.5 Å². The lowest BCUT2D eigenvalue weighted by molar-refractivity contribution is -0.115. The van der Waals surface area contributed by atoms with E-state index in [1.807, 2.05) is 51.3 Å². The predicted molar refractivity (Wildman–Crippen MR) is 98.6 cm³/mol.